The van der Waals surface area contributed by atoms with Crippen molar-refractivity contribution in [1.82, 2.24) is 25.0 Å². The molecule has 5 aliphatic rings. The third-order valence-electron chi connectivity index (χ3n) is 8.06. The Hall–Kier alpha value is -3.71. The molecule has 0 aromatic carbocycles. The first-order valence-corrected chi connectivity index (χ1v) is 13.8. The fraction of sp³-hybridized carbons (Fsp3) is 0.387. The van der Waals surface area contributed by atoms with Crippen molar-refractivity contribution in [3.63, 3.8) is 0 Å². The van der Waals surface area contributed by atoms with Crippen molar-refractivity contribution < 1.29 is 9.53 Å². The van der Waals surface area contributed by atoms with Crippen LogP contribution in [0, 0.1) is 0 Å². The molecule has 7 heteroatoms. The molecule has 0 saturated carbocycles. The van der Waals surface area contributed by atoms with Crippen LogP contribution < -0.4 is 10.6 Å². The van der Waals surface area contributed by atoms with Crippen molar-refractivity contribution in [2.24, 2.45) is 0 Å². The van der Waals surface area contributed by atoms with Crippen LogP contribution >= 0.6 is 0 Å². The SMILES string of the molecule is COC1=Cc2c(C3=CC4=CC=CNC4N3)cn(CC(=O)N3CCN(C/C=C/C4=CC=CCC4)CC3)c2CC1. The van der Waals surface area contributed by atoms with E-state index in [1.54, 1.807) is 7.11 Å². The Morgan fingerprint density at radius 1 is 1.11 bits per heavy atom. The van der Waals surface area contributed by atoms with E-state index in [1.807, 2.05) is 17.2 Å². The average Bonchev–Trinajstić information content (AvgIpc) is 3.55. The Morgan fingerprint density at radius 2 is 2.00 bits per heavy atom. The number of nitrogens with one attached hydrogen (secondary N) is 2. The normalized spacial score (nSPS) is 22.7. The number of carbonyl (C=O) groups excluding carboxylic acids is 1. The van der Waals surface area contributed by atoms with Crippen LogP contribution in [0.3, 0.4) is 0 Å². The number of aromatic nitrogens is 1. The van der Waals surface area contributed by atoms with Crippen molar-refractivity contribution in [2.75, 3.05) is 39.8 Å². The topological polar surface area (TPSA) is 61.8 Å². The molecule has 198 valence electrons. The van der Waals surface area contributed by atoms with Crippen molar-refractivity contribution in [3.05, 3.63) is 94.7 Å². The molecular formula is C31H37N5O2. The summed E-state index contributed by atoms with van der Waals surface area (Å²) in [5, 5.41) is 6.96. The molecule has 38 heavy (non-hydrogen) atoms. The number of methoxy groups -OCH3 is 1. The van der Waals surface area contributed by atoms with E-state index in [0.29, 0.717) is 6.54 Å². The molecular weight excluding hydrogens is 474 g/mol. The first-order chi connectivity index (χ1) is 18.7. The van der Waals surface area contributed by atoms with E-state index >= 15 is 0 Å². The van der Waals surface area contributed by atoms with Crippen molar-refractivity contribution in [2.45, 2.75) is 38.4 Å². The minimum Gasteiger partial charge on any atom is -0.501 e. The molecule has 1 aromatic rings. The van der Waals surface area contributed by atoms with Gasteiger partial charge in [0.1, 0.15) is 12.7 Å². The van der Waals surface area contributed by atoms with Gasteiger partial charge in [0.25, 0.3) is 0 Å². The Kier molecular flexibility index (Phi) is 7.10. The number of dihydropyridines is 1. The third-order valence-corrected chi connectivity index (χ3v) is 8.06. The Balaban J connectivity index is 1.12. The molecule has 1 fully saturated rings. The predicted molar refractivity (Wildman–Crippen MR) is 152 cm³/mol. The molecule has 0 bridgehead atoms. The Bertz CT molecular complexity index is 1300. The highest BCUT2D eigenvalue weighted by Crippen LogP contribution is 2.35. The lowest BCUT2D eigenvalue weighted by Crippen LogP contribution is -2.49. The summed E-state index contributed by atoms with van der Waals surface area (Å²) in [7, 11) is 1.74. The highest BCUT2D eigenvalue weighted by molar-refractivity contribution is 5.81. The fourth-order valence-electron chi connectivity index (χ4n) is 5.86. The van der Waals surface area contributed by atoms with E-state index in [-0.39, 0.29) is 12.1 Å². The molecule has 1 amide bonds. The smallest absolute Gasteiger partial charge is 0.242 e. The maximum absolute atomic E-state index is 13.4. The molecule has 1 atom stereocenters. The van der Waals surface area contributed by atoms with Crippen LogP contribution in [0.1, 0.15) is 36.1 Å². The third kappa shape index (κ3) is 5.16. The summed E-state index contributed by atoms with van der Waals surface area (Å²) in [4.78, 5) is 17.9. The van der Waals surface area contributed by atoms with Crippen LogP contribution in [0.15, 0.2) is 77.9 Å². The molecule has 1 aromatic heterocycles. The number of carbonyl (C=O) groups is 1. The number of hydrogen-bond donors (Lipinski definition) is 2. The van der Waals surface area contributed by atoms with Gasteiger partial charge >= 0.3 is 0 Å². The van der Waals surface area contributed by atoms with Crippen molar-refractivity contribution in [1.29, 1.82) is 0 Å². The second kappa shape index (κ2) is 11.0. The van der Waals surface area contributed by atoms with Gasteiger partial charge in [0.2, 0.25) is 5.91 Å². The number of fused-ring (bicyclic) bond motifs is 2. The molecule has 7 nitrogen and oxygen atoms in total. The van der Waals surface area contributed by atoms with Crippen LogP contribution in [-0.4, -0.2) is 66.3 Å². The first kappa shape index (κ1) is 24.6. The summed E-state index contributed by atoms with van der Waals surface area (Å²) in [6.07, 6.45) is 27.8. The molecule has 0 radical (unpaired) electrons. The zero-order valence-corrected chi connectivity index (χ0v) is 22.2. The summed E-state index contributed by atoms with van der Waals surface area (Å²) >= 11 is 0. The van der Waals surface area contributed by atoms with E-state index in [1.165, 1.54) is 16.8 Å². The van der Waals surface area contributed by atoms with Gasteiger partial charge in [-0.25, -0.2) is 0 Å². The molecule has 6 rings (SSSR count). The van der Waals surface area contributed by atoms with E-state index in [4.69, 9.17) is 4.74 Å². The summed E-state index contributed by atoms with van der Waals surface area (Å²) in [5.74, 6) is 1.18. The lowest BCUT2D eigenvalue weighted by Gasteiger charge is -2.34. The molecule has 0 spiro atoms. The standard InChI is InChI=1S/C31H37N5O2/c1-38-25-11-12-29-26(20-25)27(28-19-24-10-5-13-32-31(24)33-28)21-36(29)22-30(37)35-17-15-34(16-18-35)14-6-9-23-7-3-2-4-8-23/h2-3,5-7,9-10,13,19-21,31-33H,4,8,11-12,14-18,22H2,1H3/b9-6+. The Morgan fingerprint density at radius 3 is 2.79 bits per heavy atom. The van der Waals surface area contributed by atoms with Gasteiger partial charge in [-0.15, -0.1) is 0 Å². The number of rotatable bonds is 7. The second-order valence-corrected chi connectivity index (χ2v) is 10.5. The van der Waals surface area contributed by atoms with Crippen LogP contribution in [0.4, 0.5) is 0 Å². The van der Waals surface area contributed by atoms with Gasteiger partial charge in [-0.3, -0.25) is 9.69 Å². The van der Waals surface area contributed by atoms with E-state index in [0.717, 1.165) is 81.0 Å². The maximum Gasteiger partial charge on any atom is 0.242 e. The van der Waals surface area contributed by atoms with E-state index < -0.39 is 0 Å². The molecule has 2 N–H and O–H groups in total. The minimum atomic E-state index is 0.0902. The average molecular weight is 512 g/mol. The number of allylic oxidation sites excluding steroid dienone is 8. The molecule has 2 aliphatic carbocycles. The van der Waals surface area contributed by atoms with Gasteiger partial charge in [-0.05, 0) is 54.8 Å². The maximum atomic E-state index is 13.4. The number of ether oxygens (including phenoxy) is 1. The van der Waals surface area contributed by atoms with Crippen LogP contribution in [0.2, 0.25) is 0 Å². The van der Waals surface area contributed by atoms with Gasteiger partial charge in [-0.2, -0.15) is 0 Å². The largest absolute Gasteiger partial charge is 0.501 e. The lowest BCUT2D eigenvalue weighted by molar-refractivity contribution is -0.133. The van der Waals surface area contributed by atoms with Crippen LogP contribution in [0.25, 0.3) is 11.8 Å². The zero-order valence-electron chi connectivity index (χ0n) is 22.2. The summed E-state index contributed by atoms with van der Waals surface area (Å²) in [6.45, 7) is 4.71. The van der Waals surface area contributed by atoms with Crippen molar-refractivity contribution >= 4 is 17.7 Å². The monoisotopic (exact) mass is 511 g/mol. The Labute approximate surface area is 225 Å². The first-order valence-electron chi connectivity index (χ1n) is 13.8. The van der Waals surface area contributed by atoms with Gasteiger partial charge in [-0.1, -0.05) is 36.5 Å². The van der Waals surface area contributed by atoms with Crippen molar-refractivity contribution in [3.8, 4) is 0 Å². The molecule has 3 aliphatic heterocycles. The van der Waals surface area contributed by atoms with Crippen LogP contribution in [0.5, 0.6) is 0 Å². The summed E-state index contributed by atoms with van der Waals surface area (Å²) in [5.41, 5.74) is 7.19. The van der Waals surface area contributed by atoms with Gasteiger partial charge in [0.15, 0.2) is 0 Å². The number of piperazine rings is 1. The van der Waals surface area contributed by atoms with Gasteiger partial charge < -0.3 is 24.8 Å². The predicted octanol–water partition coefficient (Wildman–Crippen LogP) is 3.71. The summed E-state index contributed by atoms with van der Waals surface area (Å²) in [6, 6.07) is 0. The van der Waals surface area contributed by atoms with E-state index in [2.05, 4.69) is 74.9 Å². The number of nitrogens with zero attached hydrogens (tertiary/aromatic N) is 3. The van der Waals surface area contributed by atoms with E-state index in [9.17, 15) is 4.79 Å². The molecule has 4 heterocycles. The second-order valence-electron chi connectivity index (χ2n) is 10.5. The fourth-order valence-corrected chi connectivity index (χ4v) is 5.86. The zero-order chi connectivity index (χ0) is 25.9. The van der Waals surface area contributed by atoms with Crippen LogP contribution in [-0.2, 0) is 22.5 Å². The minimum absolute atomic E-state index is 0.0902. The number of hydrogen-bond acceptors (Lipinski definition) is 5. The highest BCUT2D eigenvalue weighted by atomic mass is 16.5. The molecule has 1 unspecified atom stereocenters. The van der Waals surface area contributed by atoms with Gasteiger partial charge in [0, 0.05) is 67.9 Å². The quantitative estimate of drug-likeness (QED) is 0.585. The summed E-state index contributed by atoms with van der Waals surface area (Å²) < 4.78 is 7.77. The lowest BCUT2D eigenvalue weighted by atomic mass is 9.98. The molecule has 1 saturated heterocycles. The number of amides is 1. The highest BCUT2D eigenvalue weighted by Gasteiger charge is 2.29. The van der Waals surface area contributed by atoms with Gasteiger partial charge in [0.05, 0.1) is 12.9 Å².